The molecule has 25 heavy (non-hydrogen) atoms. The molecule has 1 amide bonds. The van der Waals surface area contributed by atoms with E-state index in [0.717, 1.165) is 21.7 Å². The van der Waals surface area contributed by atoms with Gasteiger partial charge in [-0.15, -0.1) is 0 Å². The number of aliphatic imine (C=N–C) groups is 1. The molecule has 0 unspecified atom stereocenters. The zero-order valence-electron chi connectivity index (χ0n) is 13.4. The SMILES string of the molecule is Cc1cccc(C2=NN3C(=N)/C(=C\c4ccccc4)C(=O)N=C3S2)c1. The lowest BCUT2D eigenvalue weighted by atomic mass is 10.1. The van der Waals surface area contributed by atoms with Gasteiger partial charge in [0.2, 0.25) is 5.17 Å². The number of amides is 1. The van der Waals surface area contributed by atoms with Gasteiger partial charge in [-0.25, -0.2) is 0 Å². The molecular weight excluding hydrogens is 332 g/mol. The highest BCUT2D eigenvalue weighted by Crippen LogP contribution is 2.31. The summed E-state index contributed by atoms with van der Waals surface area (Å²) in [6, 6.07) is 17.4. The molecule has 5 nitrogen and oxygen atoms in total. The molecule has 2 aliphatic rings. The Labute approximate surface area is 149 Å². The summed E-state index contributed by atoms with van der Waals surface area (Å²) >= 11 is 1.31. The van der Waals surface area contributed by atoms with Crippen molar-refractivity contribution in [3.8, 4) is 0 Å². The first-order chi connectivity index (χ1) is 12.1. The number of thioether (sulfide) groups is 1. The summed E-state index contributed by atoms with van der Waals surface area (Å²) in [5.74, 6) is -0.359. The third kappa shape index (κ3) is 2.92. The second-order valence-electron chi connectivity index (χ2n) is 5.71. The number of amidine groups is 2. The van der Waals surface area contributed by atoms with Crippen molar-refractivity contribution in [2.75, 3.05) is 0 Å². The fourth-order valence-electron chi connectivity index (χ4n) is 2.60. The fourth-order valence-corrected chi connectivity index (χ4v) is 3.49. The topological polar surface area (TPSA) is 68.9 Å². The average molecular weight is 346 g/mol. The molecule has 2 aromatic rings. The number of hydrazone groups is 1. The molecule has 0 aliphatic carbocycles. The molecule has 0 fully saturated rings. The molecule has 0 saturated carbocycles. The highest BCUT2D eigenvalue weighted by Gasteiger charge is 2.35. The number of hydrogen-bond acceptors (Lipinski definition) is 4. The van der Waals surface area contributed by atoms with E-state index in [1.807, 2.05) is 61.5 Å². The average Bonchev–Trinajstić information content (AvgIpc) is 3.04. The molecule has 2 aliphatic heterocycles. The smallest absolute Gasteiger partial charge is 0.282 e. The molecule has 0 aromatic heterocycles. The number of aryl methyl sites for hydroxylation is 1. The number of carbonyl (C=O) groups is 1. The predicted octanol–water partition coefficient (Wildman–Crippen LogP) is 3.66. The summed E-state index contributed by atoms with van der Waals surface area (Å²) in [7, 11) is 0. The van der Waals surface area contributed by atoms with E-state index in [9.17, 15) is 4.79 Å². The Kier molecular flexibility index (Phi) is 3.82. The van der Waals surface area contributed by atoms with Crippen molar-refractivity contribution in [2.24, 2.45) is 10.1 Å². The van der Waals surface area contributed by atoms with Gasteiger partial charge in [0, 0.05) is 5.56 Å². The van der Waals surface area contributed by atoms with E-state index in [2.05, 4.69) is 10.1 Å². The number of carbonyl (C=O) groups excluding carboxylic acids is 1. The molecule has 0 bridgehead atoms. The van der Waals surface area contributed by atoms with Crippen LogP contribution in [0.2, 0.25) is 0 Å². The maximum absolute atomic E-state index is 12.4. The standard InChI is InChI=1S/C19H14N4OS/c1-12-6-5-9-14(10-12)18-22-23-16(20)15(17(24)21-19(23)25-18)11-13-7-3-2-4-8-13/h2-11,20H,1H3/b15-11+,20-16?. The van der Waals surface area contributed by atoms with Gasteiger partial charge in [0.25, 0.3) is 5.91 Å². The van der Waals surface area contributed by atoms with Crippen molar-refractivity contribution in [2.45, 2.75) is 6.92 Å². The second kappa shape index (κ2) is 6.14. The van der Waals surface area contributed by atoms with Crippen LogP contribution in [-0.2, 0) is 4.79 Å². The van der Waals surface area contributed by atoms with Gasteiger partial charge in [0.1, 0.15) is 5.04 Å². The van der Waals surface area contributed by atoms with Gasteiger partial charge in [-0.1, -0.05) is 54.1 Å². The van der Waals surface area contributed by atoms with Gasteiger partial charge in [-0.05, 0) is 36.4 Å². The molecule has 0 radical (unpaired) electrons. The molecule has 1 N–H and O–H groups in total. The van der Waals surface area contributed by atoms with E-state index >= 15 is 0 Å². The lowest BCUT2D eigenvalue weighted by molar-refractivity contribution is -0.114. The number of fused-ring (bicyclic) bond motifs is 1. The van der Waals surface area contributed by atoms with Gasteiger partial charge in [-0.2, -0.15) is 15.1 Å². The number of nitrogens with one attached hydrogen (secondary N) is 1. The maximum atomic E-state index is 12.4. The number of hydrogen-bond donors (Lipinski definition) is 1. The molecule has 0 saturated heterocycles. The van der Waals surface area contributed by atoms with E-state index in [0.29, 0.717) is 5.17 Å². The first kappa shape index (κ1) is 15.5. The van der Waals surface area contributed by atoms with Crippen LogP contribution >= 0.6 is 11.8 Å². The minimum Gasteiger partial charge on any atom is -0.282 e. The van der Waals surface area contributed by atoms with Crippen LogP contribution in [-0.4, -0.2) is 27.0 Å². The normalized spacial score (nSPS) is 18.3. The Bertz CT molecular complexity index is 976. The molecule has 6 heteroatoms. The molecule has 2 aromatic carbocycles. The van der Waals surface area contributed by atoms with E-state index in [4.69, 9.17) is 5.41 Å². The first-order valence-corrected chi connectivity index (χ1v) is 8.56. The van der Waals surface area contributed by atoms with Crippen molar-refractivity contribution in [3.05, 3.63) is 76.9 Å². The van der Waals surface area contributed by atoms with Crippen LogP contribution in [0.4, 0.5) is 0 Å². The Balaban J connectivity index is 1.70. The van der Waals surface area contributed by atoms with E-state index in [1.165, 1.54) is 16.8 Å². The largest absolute Gasteiger partial charge is 0.283 e. The molecule has 122 valence electrons. The summed E-state index contributed by atoms with van der Waals surface area (Å²) in [5.41, 5.74) is 3.17. The number of benzene rings is 2. The number of rotatable bonds is 2. The molecular formula is C19H14N4OS. The zero-order valence-corrected chi connectivity index (χ0v) is 14.2. The second-order valence-corrected chi connectivity index (χ2v) is 6.66. The number of nitrogens with zero attached hydrogens (tertiary/aromatic N) is 3. The van der Waals surface area contributed by atoms with Crippen molar-refractivity contribution >= 4 is 39.8 Å². The van der Waals surface area contributed by atoms with E-state index in [-0.39, 0.29) is 11.4 Å². The lowest BCUT2D eigenvalue weighted by Gasteiger charge is -2.20. The van der Waals surface area contributed by atoms with Crippen LogP contribution in [0.15, 0.2) is 70.3 Å². The maximum Gasteiger partial charge on any atom is 0.283 e. The minimum atomic E-state index is -0.409. The molecule has 0 spiro atoms. The third-order valence-electron chi connectivity index (χ3n) is 3.83. The van der Waals surface area contributed by atoms with Gasteiger partial charge < -0.3 is 0 Å². The summed E-state index contributed by atoms with van der Waals surface area (Å²) < 4.78 is 0. The van der Waals surface area contributed by atoms with E-state index < -0.39 is 5.91 Å². The van der Waals surface area contributed by atoms with Crippen molar-refractivity contribution in [1.29, 1.82) is 5.41 Å². The monoisotopic (exact) mass is 346 g/mol. The predicted molar refractivity (Wildman–Crippen MR) is 102 cm³/mol. The van der Waals surface area contributed by atoms with Crippen LogP contribution < -0.4 is 0 Å². The Morgan fingerprint density at radius 2 is 1.92 bits per heavy atom. The highest BCUT2D eigenvalue weighted by atomic mass is 32.2. The summed E-state index contributed by atoms with van der Waals surface area (Å²) in [5, 5.41) is 15.5. The van der Waals surface area contributed by atoms with Crippen LogP contribution in [0.1, 0.15) is 16.7 Å². The van der Waals surface area contributed by atoms with Gasteiger partial charge in [0.05, 0.1) is 5.57 Å². The third-order valence-corrected chi connectivity index (χ3v) is 4.79. The highest BCUT2D eigenvalue weighted by molar-refractivity contribution is 8.27. The van der Waals surface area contributed by atoms with Gasteiger partial charge in [0.15, 0.2) is 5.84 Å². The summed E-state index contributed by atoms with van der Waals surface area (Å²) in [4.78, 5) is 16.5. The van der Waals surface area contributed by atoms with Crippen molar-refractivity contribution in [1.82, 2.24) is 5.01 Å². The van der Waals surface area contributed by atoms with Crippen LogP contribution in [0.5, 0.6) is 0 Å². The van der Waals surface area contributed by atoms with Crippen LogP contribution in [0.3, 0.4) is 0 Å². The van der Waals surface area contributed by atoms with Crippen molar-refractivity contribution < 1.29 is 4.79 Å². The molecule has 0 atom stereocenters. The fraction of sp³-hybridized carbons (Fsp3) is 0.0526. The van der Waals surface area contributed by atoms with Crippen LogP contribution in [0, 0.1) is 12.3 Å². The lowest BCUT2D eigenvalue weighted by Crippen LogP contribution is -2.35. The molecule has 4 rings (SSSR count). The van der Waals surface area contributed by atoms with E-state index in [1.54, 1.807) is 6.08 Å². The van der Waals surface area contributed by atoms with Gasteiger partial charge >= 0.3 is 0 Å². The quantitative estimate of drug-likeness (QED) is 0.844. The zero-order chi connectivity index (χ0) is 17.4. The van der Waals surface area contributed by atoms with Crippen molar-refractivity contribution in [3.63, 3.8) is 0 Å². The minimum absolute atomic E-state index is 0.0500. The van der Waals surface area contributed by atoms with Gasteiger partial charge in [-0.3, -0.25) is 10.2 Å². The Morgan fingerprint density at radius 3 is 2.68 bits per heavy atom. The van der Waals surface area contributed by atoms with Crippen LogP contribution in [0.25, 0.3) is 6.08 Å². The Hall–Kier alpha value is -2.99. The summed E-state index contributed by atoms with van der Waals surface area (Å²) in [6.07, 6.45) is 1.68. The first-order valence-electron chi connectivity index (χ1n) is 7.74. The summed E-state index contributed by atoms with van der Waals surface area (Å²) in [6.45, 7) is 2.01. The Morgan fingerprint density at radius 1 is 1.12 bits per heavy atom. The molecule has 2 heterocycles.